The number of amides is 1. The summed E-state index contributed by atoms with van der Waals surface area (Å²) in [6.45, 7) is 3.14. The Balaban J connectivity index is 0.00000220. The molecule has 1 aliphatic rings. The first-order chi connectivity index (χ1) is 9.69. The standard InChI is InChI=1S/C15H22N4O.HI/c1-2-11-3-7-13(8-4-11)19-15(16)18-10-9-17-14(20)12-5-6-12;/h3-4,7-8,12H,2,5-6,9-10H2,1H3,(H,17,20)(H3,16,18,19);1H. The van der Waals surface area contributed by atoms with Crippen molar-refractivity contribution in [3.8, 4) is 0 Å². The second-order valence-corrected chi connectivity index (χ2v) is 5.01. The molecule has 0 saturated heterocycles. The first-order valence-corrected chi connectivity index (χ1v) is 7.12. The van der Waals surface area contributed by atoms with Gasteiger partial charge in [0.1, 0.15) is 0 Å². The van der Waals surface area contributed by atoms with Crippen LogP contribution in [0, 0.1) is 5.92 Å². The SMILES string of the molecule is CCc1ccc(NC(N)=NCCNC(=O)C2CC2)cc1.I. The van der Waals surface area contributed by atoms with E-state index in [1.807, 2.05) is 12.1 Å². The van der Waals surface area contributed by atoms with Crippen LogP contribution in [0.15, 0.2) is 29.3 Å². The molecule has 0 aliphatic heterocycles. The first kappa shape index (κ1) is 17.7. The monoisotopic (exact) mass is 402 g/mol. The molecule has 1 saturated carbocycles. The number of hydrogen-bond acceptors (Lipinski definition) is 2. The number of nitrogens with one attached hydrogen (secondary N) is 2. The van der Waals surface area contributed by atoms with Gasteiger partial charge in [0.25, 0.3) is 0 Å². The van der Waals surface area contributed by atoms with E-state index in [2.05, 4.69) is 34.7 Å². The molecule has 21 heavy (non-hydrogen) atoms. The highest BCUT2D eigenvalue weighted by molar-refractivity contribution is 14.0. The molecule has 1 aromatic rings. The minimum absolute atomic E-state index is 0. The van der Waals surface area contributed by atoms with Crippen LogP contribution in [0.2, 0.25) is 0 Å². The number of anilines is 1. The fraction of sp³-hybridized carbons (Fsp3) is 0.467. The summed E-state index contributed by atoms with van der Waals surface area (Å²) in [4.78, 5) is 15.6. The number of nitrogens with two attached hydrogens (primary N) is 1. The number of nitrogens with zero attached hydrogens (tertiary/aromatic N) is 1. The highest BCUT2D eigenvalue weighted by atomic mass is 127. The van der Waals surface area contributed by atoms with Gasteiger partial charge in [-0.05, 0) is 37.0 Å². The lowest BCUT2D eigenvalue weighted by Gasteiger charge is -2.07. The van der Waals surface area contributed by atoms with Crippen molar-refractivity contribution >= 4 is 41.5 Å². The maximum atomic E-state index is 11.4. The fourth-order valence-corrected chi connectivity index (χ4v) is 1.86. The highest BCUT2D eigenvalue weighted by Crippen LogP contribution is 2.28. The molecular formula is C15H23IN4O. The minimum atomic E-state index is 0. The summed E-state index contributed by atoms with van der Waals surface area (Å²) in [6, 6.07) is 8.09. The van der Waals surface area contributed by atoms with Gasteiger partial charge in [-0.2, -0.15) is 0 Å². The molecule has 6 heteroatoms. The highest BCUT2D eigenvalue weighted by Gasteiger charge is 2.28. The molecule has 4 N–H and O–H groups in total. The van der Waals surface area contributed by atoms with E-state index >= 15 is 0 Å². The molecule has 5 nitrogen and oxygen atoms in total. The quantitative estimate of drug-likeness (QED) is 0.295. The lowest BCUT2D eigenvalue weighted by atomic mass is 10.1. The zero-order valence-corrected chi connectivity index (χ0v) is 14.6. The van der Waals surface area contributed by atoms with Crippen molar-refractivity contribution in [3.05, 3.63) is 29.8 Å². The van der Waals surface area contributed by atoms with Crippen molar-refractivity contribution in [1.82, 2.24) is 5.32 Å². The molecule has 1 fully saturated rings. The van der Waals surface area contributed by atoms with E-state index in [9.17, 15) is 4.79 Å². The Hall–Kier alpha value is -1.31. The minimum Gasteiger partial charge on any atom is -0.370 e. The summed E-state index contributed by atoms with van der Waals surface area (Å²) in [5.74, 6) is 0.753. The summed E-state index contributed by atoms with van der Waals surface area (Å²) in [6.07, 6.45) is 3.06. The number of hydrogen-bond donors (Lipinski definition) is 3. The van der Waals surface area contributed by atoms with Crippen molar-refractivity contribution < 1.29 is 4.79 Å². The van der Waals surface area contributed by atoms with Gasteiger partial charge in [0.15, 0.2) is 5.96 Å². The van der Waals surface area contributed by atoms with E-state index in [1.165, 1.54) is 5.56 Å². The molecule has 1 aromatic carbocycles. The second kappa shape index (κ2) is 8.86. The molecule has 0 heterocycles. The molecule has 0 unspecified atom stereocenters. The van der Waals surface area contributed by atoms with Crippen LogP contribution in [-0.2, 0) is 11.2 Å². The van der Waals surface area contributed by atoms with Crippen LogP contribution in [0.3, 0.4) is 0 Å². The van der Waals surface area contributed by atoms with E-state index in [-0.39, 0.29) is 35.8 Å². The molecule has 1 amide bonds. The number of aliphatic imine (C=N–C) groups is 1. The predicted molar refractivity (Wildman–Crippen MR) is 97.1 cm³/mol. The van der Waals surface area contributed by atoms with Gasteiger partial charge >= 0.3 is 0 Å². The van der Waals surface area contributed by atoms with Gasteiger partial charge in [-0.3, -0.25) is 9.79 Å². The molecule has 0 spiro atoms. The van der Waals surface area contributed by atoms with Crippen LogP contribution in [0.4, 0.5) is 5.69 Å². The van der Waals surface area contributed by atoms with E-state index in [4.69, 9.17) is 5.73 Å². The smallest absolute Gasteiger partial charge is 0.223 e. The number of halogens is 1. The summed E-state index contributed by atoms with van der Waals surface area (Å²) < 4.78 is 0. The first-order valence-electron chi connectivity index (χ1n) is 7.12. The maximum absolute atomic E-state index is 11.4. The van der Waals surface area contributed by atoms with Crippen molar-refractivity contribution in [1.29, 1.82) is 0 Å². The van der Waals surface area contributed by atoms with Gasteiger partial charge in [-0.15, -0.1) is 24.0 Å². The third kappa shape index (κ3) is 6.33. The maximum Gasteiger partial charge on any atom is 0.223 e. The Morgan fingerprint density at radius 1 is 1.33 bits per heavy atom. The van der Waals surface area contributed by atoms with Gasteiger partial charge in [0.05, 0.1) is 6.54 Å². The lowest BCUT2D eigenvalue weighted by Crippen LogP contribution is -2.29. The zero-order valence-electron chi connectivity index (χ0n) is 12.3. The number of carbonyl (C=O) groups is 1. The second-order valence-electron chi connectivity index (χ2n) is 5.01. The number of guanidine groups is 1. The van der Waals surface area contributed by atoms with Crippen LogP contribution in [0.5, 0.6) is 0 Å². The van der Waals surface area contributed by atoms with E-state index in [0.29, 0.717) is 19.0 Å². The Labute approximate surface area is 142 Å². The van der Waals surface area contributed by atoms with Crippen LogP contribution in [0.25, 0.3) is 0 Å². The van der Waals surface area contributed by atoms with Crippen molar-refractivity contribution in [2.45, 2.75) is 26.2 Å². The number of rotatable bonds is 6. The molecule has 2 rings (SSSR count). The van der Waals surface area contributed by atoms with E-state index in [1.54, 1.807) is 0 Å². The third-order valence-corrected chi connectivity index (χ3v) is 3.28. The van der Waals surface area contributed by atoms with Crippen molar-refractivity contribution in [3.63, 3.8) is 0 Å². The average molecular weight is 402 g/mol. The van der Waals surface area contributed by atoms with Crippen molar-refractivity contribution in [2.75, 3.05) is 18.4 Å². The molecule has 0 aromatic heterocycles. The Bertz CT molecular complexity index is 483. The van der Waals surface area contributed by atoms with Crippen molar-refractivity contribution in [2.24, 2.45) is 16.6 Å². The average Bonchev–Trinajstić information content (AvgIpc) is 3.29. The van der Waals surface area contributed by atoms with Crippen LogP contribution in [0.1, 0.15) is 25.3 Å². The van der Waals surface area contributed by atoms with Gasteiger partial charge in [-0.25, -0.2) is 0 Å². The summed E-state index contributed by atoms with van der Waals surface area (Å²) in [5, 5.41) is 5.88. The Morgan fingerprint density at radius 3 is 2.57 bits per heavy atom. The topological polar surface area (TPSA) is 79.5 Å². The summed E-state index contributed by atoms with van der Waals surface area (Å²) in [5.41, 5.74) is 8.00. The third-order valence-electron chi connectivity index (χ3n) is 3.28. The lowest BCUT2D eigenvalue weighted by molar-refractivity contribution is -0.122. The van der Waals surface area contributed by atoms with Gasteiger partial charge in [-0.1, -0.05) is 19.1 Å². The Morgan fingerprint density at radius 2 is 2.00 bits per heavy atom. The Kier molecular flexibility index (Phi) is 7.49. The molecule has 1 aliphatic carbocycles. The van der Waals surface area contributed by atoms with Crippen LogP contribution < -0.4 is 16.4 Å². The zero-order chi connectivity index (χ0) is 14.4. The largest absolute Gasteiger partial charge is 0.370 e. The normalized spacial score (nSPS) is 14.2. The molecule has 0 atom stereocenters. The molecular weight excluding hydrogens is 379 g/mol. The summed E-state index contributed by atoms with van der Waals surface area (Å²) >= 11 is 0. The van der Waals surface area contributed by atoms with Crippen LogP contribution in [-0.4, -0.2) is 25.0 Å². The van der Waals surface area contributed by atoms with E-state index < -0.39 is 0 Å². The van der Waals surface area contributed by atoms with E-state index in [0.717, 1.165) is 24.9 Å². The summed E-state index contributed by atoms with van der Waals surface area (Å²) in [7, 11) is 0. The number of carbonyl (C=O) groups excluding carboxylic acids is 1. The fourth-order valence-electron chi connectivity index (χ4n) is 1.86. The van der Waals surface area contributed by atoms with Gasteiger partial charge in [0, 0.05) is 18.2 Å². The van der Waals surface area contributed by atoms with Crippen LogP contribution >= 0.6 is 24.0 Å². The number of aryl methyl sites for hydroxylation is 1. The molecule has 0 radical (unpaired) electrons. The molecule has 0 bridgehead atoms. The van der Waals surface area contributed by atoms with Gasteiger partial charge in [0.2, 0.25) is 5.91 Å². The predicted octanol–water partition coefficient (Wildman–Crippen LogP) is 2.12. The number of benzene rings is 1. The van der Waals surface area contributed by atoms with Gasteiger partial charge < -0.3 is 16.4 Å². The molecule has 116 valence electrons.